The SMILES string of the molecule is [c]1cnc2cccc-2[nH]1. The molecule has 0 aromatic carbocycles. The van der Waals surface area contributed by atoms with Gasteiger partial charge in [0, 0.05) is 0 Å². The Morgan fingerprint density at radius 3 is 3.33 bits per heavy atom. The van der Waals surface area contributed by atoms with Gasteiger partial charge >= 0.3 is 0 Å². The van der Waals surface area contributed by atoms with Crippen LogP contribution in [0.1, 0.15) is 0 Å². The summed E-state index contributed by atoms with van der Waals surface area (Å²) in [4.78, 5) is 7.00. The number of hydrogen-bond donors (Lipinski definition) is 1. The first kappa shape index (κ1) is 4.56. The summed E-state index contributed by atoms with van der Waals surface area (Å²) in [6.45, 7) is 0. The molecule has 1 heterocycles. The van der Waals surface area contributed by atoms with E-state index in [0.717, 1.165) is 11.4 Å². The molecule has 0 fully saturated rings. The molecule has 1 N–H and O–H groups in total. The van der Waals surface area contributed by atoms with Crippen LogP contribution in [0, 0.1) is 6.20 Å². The highest BCUT2D eigenvalue weighted by atomic mass is 14.8. The average Bonchev–Trinajstić information content (AvgIpc) is 2.33. The van der Waals surface area contributed by atoms with Crippen molar-refractivity contribution in [2.45, 2.75) is 0 Å². The van der Waals surface area contributed by atoms with Crippen LogP contribution in [0.25, 0.3) is 11.4 Å². The molecule has 0 atom stereocenters. The van der Waals surface area contributed by atoms with Gasteiger partial charge in [0.1, 0.15) is 0 Å². The van der Waals surface area contributed by atoms with Gasteiger partial charge in [0.25, 0.3) is 0 Å². The lowest BCUT2D eigenvalue weighted by atomic mass is 10.4. The first-order chi connectivity index (χ1) is 4.47. The van der Waals surface area contributed by atoms with Crippen LogP contribution in [0.15, 0.2) is 24.4 Å². The number of aromatic nitrogens is 2. The van der Waals surface area contributed by atoms with Crippen LogP contribution < -0.4 is 0 Å². The quantitative estimate of drug-likeness (QED) is 0.553. The van der Waals surface area contributed by atoms with E-state index in [9.17, 15) is 0 Å². The molecule has 43 valence electrons. The molecule has 2 heteroatoms. The largest absolute Gasteiger partial charge is 0.351 e. The Morgan fingerprint density at radius 1 is 1.44 bits per heavy atom. The summed E-state index contributed by atoms with van der Waals surface area (Å²) >= 11 is 0. The number of nitrogens with zero attached hydrogens (tertiary/aromatic N) is 1. The van der Waals surface area contributed by atoms with Gasteiger partial charge in [-0.25, -0.2) is 0 Å². The van der Waals surface area contributed by atoms with E-state index >= 15 is 0 Å². The van der Waals surface area contributed by atoms with Crippen LogP contribution >= 0.6 is 0 Å². The maximum Gasteiger partial charge on any atom is 0.0865 e. The summed E-state index contributed by atoms with van der Waals surface area (Å²) in [5.74, 6) is 0. The fourth-order valence-corrected chi connectivity index (χ4v) is 0.841. The lowest BCUT2D eigenvalue weighted by Crippen LogP contribution is -1.81. The van der Waals surface area contributed by atoms with Crippen molar-refractivity contribution < 1.29 is 0 Å². The monoisotopic (exact) mass is 117 g/mol. The molecule has 0 amide bonds. The average molecular weight is 117 g/mol. The van der Waals surface area contributed by atoms with Crippen LogP contribution in [0.4, 0.5) is 0 Å². The highest BCUT2D eigenvalue weighted by Gasteiger charge is 1.98. The predicted octanol–water partition coefficient (Wildman–Crippen LogP) is 1.31. The molecule has 0 aromatic heterocycles. The van der Waals surface area contributed by atoms with Gasteiger partial charge in [-0.15, -0.1) is 0 Å². The molecule has 0 saturated carbocycles. The maximum absolute atomic E-state index is 4.05. The number of rotatable bonds is 0. The van der Waals surface area contributed by atoms with Crippen LogP contribution in [-0.2, 0) is 0 Å². The molecule has 0 unspecified atom stereocenters. The first-order valence-electron chi connectivity index (χ1n) is 2.76. The summed E-state index contributed by atoms with van der Waals surface area (Å²) < 4.78 is 0. The molecule has 2 rings (SSSR count). The molecule has 0 spiro atoms. The zero-order valence-corrected chi connectivity index (χ0v) is 4.76. The summed E-state index contributed by atoms with van der Waals surface area (Å²) in [7, 11) is 0. The van der Waals surface area contributed by atoms with E-state index in [0.29, 0.717) is 0 Å². The van der Waals surface area contributed by atoms with E-state index < -0.39 is 0 Å². The van der Waals surface area contributed by atoms with Crippen molar-refractivity contribution in [2.24, 2.45) is 0 Å². The molecular formula is C7H5N2. The van der Waals surface area contributed by atoms with E-state index in [-0.39, 0.29) is 0 Å². The highest BCUT2D eigenvalue weighted by molar-refractivity contribution is 5.56. The van der Waals surface area contributed by atoms with Gasteiger partial charge in [0.2, 0.25) is 0 Å². The van der Waals surface area contributed by atoms with E-state index in [2.05, 4.69) is 16.2 Å². The van der Waals surface area contributed by atoms with Gasteiger partial charge in [-0.3, -0.25) is 4.98 Å². The second-order valence-electron chi connectivity index (χ2n) is 1.85. The minimum atomic E-state index is 0.994. The molecule has 2 aliphatic rings. The van der Waals surface area contributed by atoms with Gasteiger partial charge in [-0.1, -0.05) is 6.07 Å². The minimum absolute atomic E-state index is 0.994. The van der Waals surface area contributed by atoms with E-state index in [1.54, 1.807) is 6.20 Å². The van der Waals surface area contributed by atoms with Crippen LogP contribution in [0.2, 0.25) is 0 Å². The Hall–Kier alpha value is -1.31. The van der Waals surface area contributed by atoms with Gasteiger partial charge < -0.3 is 4.98 Å². The summed E-state index contributed by atoms with van der Waals surface area (Å²) in [5, 5.41) is 0. The summed E-state index contributed by atoms with van der Waals surface area (Å²) in [5.41, 5.74) is 2.03. The first-order valence-corrected chi connectivity index (χ1v) is 2.76. The Morgan fingerprint density at radius 2 is 2.44 bits per heavy atom. The van der Waals surface area contributed by atoms with Gasteiger partial charge in [-0.2, -0.15) is 0 Å². The van der Waals surface area contributed by atoms with Crippen molar-refractivity contribution in [3.05, 3.63) is 30.6 Å². The number of hydrogen-bond acceptors (Lipinski definition) is 1. The minimum Gasteiger partial charge on any atom is -0.351 e. The Labute approximate surface area is 52.9 Å². The van der Waals surface area contributed by atoms with Gasteiger partial charge in [0.05, 0.1) is 23.8 Å². The van der Waals surface area contributed by atoms with Crippen LogP contribution in [-0.4, -0.2) is 9.97 Å². The van der Waals surface area contributed by atoms with Gasteiger partial charge in [0.15, 0.2) is 0 Å². The third kappa shape index (κ3) is 0.598. The Balaban J connectivity index is 2.79. The third-order valence-corrected chi connectivity index (χ3v) is 1.27. The second-order valence-corrected chi connectivity index (χ2v) is 1.85. The maximum atomic E-state index is 4.05. The van der Waals surface area contributed by atoms with Crippen molar-refractivity contribution >= 4 is 0 Å². The van der Waals surface area contributed by atoms with Crippen molar-refractivity contribution in [3.63, 3.8) is 0 Å². The standard InChI is InChI=1S/C7H5N2/c1-2-6-7(3-1)9-5-4-8-6/h1-4,9H. The van der Waals surface area contributed by atoms with Crippen LogP contribution in [0.3, 0.4) is 0 Å². The van der Waals surface area contributed by atoms with Crippen molar-refractivity contribution in [3.8, 4) is 11.4 Å². The molecular weight excluding hydrogens is 112 g/mol. The molecule has 1 aliphatic heterocycles. The smallest absolute Gasteiger partial charge is 0.0865 e. The number of H-pyrrole nitrogens is 1. The molecule has 0 saturated heterocycles. The fraction of sp³-hybridized carbons (Fsp3) is 0. The molecule has 0 bridgehead atoms. The molecule has 1 aliphatic carbocycles. The van der Waals surface area contributed by atoms with Crippen molar-refractivity contribution in [1.29, 1.82) is 0 Å². The number of fused-ring (bicyclic) bond motifs is 1. The summed E-state index contributed by atoms with van der Waals surface area (Å²) in [6, 6.07) is 5.89. The van der Waals surface area contributed by atoms with Crippen molar-refractivity contribution in [2.75, 3.05) is 0 Å². The van der Waals surface area contributed by atoms with Crippen molar-refractivity contribution in [1.82, 2.24) is 9.97 Å². The lowest BCUT2D eigenvalue weighted by molar-refractivity contribution is 1.20. The highest BCUT2D eigenvalue weighted by Crippen LogP contribution is 2.14. The molecule has 9 heavy (non-hydrogen) atoms. The normalized spacial score (nSPS) is 10.2. The number of aromatic amines is 1. The van der Waals surface area contributed by atoms with E-state index in [4.69, 9.17) is 0 Å². The zero-order chi connectivity index (χ0) is 6.10. The van der Waals surface area contributed by atoms with Gasteiger partial charge in [-0.05, 0) is 12.1 Å². The topological polar surface area (TPSA) is 28.7 Å². The third-order valence-electron chi connectivity index (χ3n) is 1.27. The predicted molar refractivity (Wildman–Crippen MR) is 34.0 cm³/mol. The fourth-order valence-electron chi connectivity index (χ4n) is 0.841. The van der Waals surface area contributed by atoms with Crippen LogP contribution in [0.5, 0.6) is 0 Å². The van der Waals surface area contributed by atoms with E-state index in [1.807, 2.05) is 18.2 Å². The molecule has 0 aromatic rings. The Bertz CT molecular complexity index is 247. The second kappa shape index (κ2) is 1.58. The zero-order valence-electron chi connectivity index (χ0n) is 4.76. The Kier molecular flexibility index (Phi) is 0.803. The van der Waals surface area contributed by atoms with E-state index in [1.165, 1.54) is 0 Å². The number of nitrogens with one attached hydrogen (secondary N) is 1. The lowest BCUT2D eigenvalue weighted by Gasteiger charge is -1.92. The summed E-state index contributed by atoms with van der Waals surface area (Å²) in [6.07, 6.45) is 4.41. The molecule has 1 radical (unpaired) electrons. The molecule has 2 nitrogen and oxygen atoms in total.